The molecular weight excluding hydrogens is 268 g/mol. The summed E-state index contributed by atoms with van der Waals surface area (Å²) in [6.45, 7) is 0.0715. The molecule has 0 aliphatic rings. The van der Waals surface area contributed by atoms with Crippen LogP contribution in [0.5, 0.6) is 0 Å². The maximum absolute atomic E-state index is 13.1. The van der Waals surface area contributed by atoms with E-state index >= 15 is 0 Å². The Balaban J connectivity index is 1.99. The number of carbonyl (C=O) groups is 1. The summed E-state index contributed by atoms with van der Waals surface area (Å²) >= 11 is 0. The van der Waals surface area contributed by atoms with Crippen molar-refractivity contribution in [2.75, 3.05) is 12.3 Å². The number of halogens is 2. The molecule has 0 amide bonds. The predicted octanol–water partition coefficient (Wildman–Crippen LogP) is 1.68. The molecule has 0 atom stereocenters. The van der Waals surface area contributed by atoms with Gasteiger partial charge in [0.1, 0.15) is 5.82 Å². The number of nitrogen functional groups attached to an aromatic ring is 1. The lowest BCUT2D eigenvalue weighted by Crippen LogP contribution is -2.12. The van der Waals surface area contributed by atoms with E-state index in [0.717, 1.165) is 18.0 Å². The van der Waals surface area contributed by atoms with Crippen LogP contribution in [-0.2, 0) is 18.2 Å². The molecule has 106 valence electrons. The quantitative estimate of drug-likeness (QED) is 0.683. The van der Waals surface area contributed by atoms with E-state index < -0.39 is 17.6 Å². The summed E-state index contributed by atoms with van der Waals surface area (Å²) in [5.41, 5.74) is 5.11. The fourth-order valence-corrected chi connectivity index (χ4v) is 1.69. The lowest BCUT2D eigenvalue weighted by atomic mass is 10.1. The zero-order valence-electron chi connectivity index (χ0n) is 10.8. The Bertz CT molecular complexity index is 641. The molecule has 1 heterocycles. The number of hydrogen-bond acceptors (Lipinski definition) is 4. The number of anilines is 1. The van der Waals surface area contributed by atoms with Crippen LogP contribution in [0.4, 0.5) is 14.5 Å². The van der Waals surface area contributed by atoms with Crippen molar-refractivity contribution in [3.63, 3.8) is 0 Å². The Morgan fingerprint density at radius 3 is 2.75 bits per heavy atom. The van der Waals surface area contributed by atoms with Gasteiger partial charge in [-0.15, -0.1) is 0 Å². The number of ether oxygens (including phenoxy) is 1. The van der Waals surface area contributed by atoms with Crippen molar-refractivity contribution in [2.45, 2.75) is 6.42 Å². The third kappa shape index (κ3) is 2.93. The van der Waals surface area contributed by atoms with E-state index in [2.05, 4.69) is 4.98 Å². The van der Waals surface area contributed by atoms with Gasteiger partial charge in [-0.05, 0) is 6.07 Å². The van der Waals surface area contributed by atoms with E-state index in [1.165, 1.54) is 0 Å². The topological polar surface area (TPSA) is 70.1 Å². The third-order valence-electron chi connectivity index (χ3n) is 2.79. The summed E-state index contributed by atoms with van der Waals surface area (Å²) in [6, 6.07) is 1.48. The fraction of sp³-hybridized carbons (Fsp3) is 0.231. The molecule has 7 heteroatoms. The predicted molar refractivity (Wildman–Crippen MR) is 68.0 cm³/mol. The summed E-state index contributed by atoms with van der Waals surface area (Å²) < 4.78 is 32.7. The van der Waals surface area contributed by atoms with Gasteiger partial charge < -0.3 is 15.0 Å². The van der Waals surface area contributed by atoms with Gasteiger partial charge in [0.05, 0.1) is 12.2 Å². The smallest absolute Gasteiger partial charge is 0.340 e. The highest BCUT2D eigenvalue weighted by Crippen LogP contribution is 2.18. The van der Waals surface area contributed by atoms with Crippen molar-refractivity contribution in [2.24, 2.45) is 7.05 Å². The first-order valence-electron chi connectivity index (χ1n) is 5.87. The molecule has 0 spiro atoms. The Morgan fingerprint density at radius 1 is 1.40 bits per heavy atom. The normalized spacial score (nSPS) is 10.6. The van der Waals surface area contributed by atoms with Gasteiger partial charge in [-0.2, -0.15) is 0 Å². The van der Waals surface area contributed by atoms with Gasteiger partial charge in [-0.1, -0.05) is 0 Å². The molecular formula is C13H13F2N3O2. The minimum Gasteiger partial charge on any atom is -0.462 e. The van der Waals surface area contributed by atoms with Crippen molar-refractivity contribution < 1.29 is 18.3 Å². The number of hydrogen-bond donors (Lipinski definition) is 1. The molecule has 0 radical (unpaired) electrons. The van der Waals surface area contributed by atoms with Crippen molar-refractivity contribution in [1.82, 2.24) is 9.55 Å². The number of aromatic nitrogens is 2. The molecule has 5 nitrogen and oxygen atoms in total. The largest absolute Gasteiger partial charge is 0.462 e. The van der Waals surface area contributed by atoms with E-state index in [9.17, 15) is 13.6 Å². The zero-order chi connectivity index (χ0) is 14.7. The van der Waals surface area contributed by atoms with Crippen LogP contribution in [0.2, 0.25) is 0 Å². The number of benzene rings is 1. The maximum atomic E-state index is 13.1. The van der Waals surface area contributed by atoms with Gasteiger partial charge in [-0.25, -0.2) is 18.6 Å². The number of aryl methyl sites for hydroxylation is 1. The highest BCUT2D eigenvalue weighted by Gasteiger charge is 2.15. The SMILES string of the molecule is Cn1ccnc1CCOC(=O)c1cc(F)c(F)cc1N. The lowest BCUT2D eigenvalue weighted by Gasteiger charge is -2.07. The van der Waals surface area contributed by atoms with Gasteiger partial charge in [0, 0.05) is 37.6 Å². The molecule has 0 aliphatic heterocycles. The summed E-state index contributed by atoms with van der Waals surface area (Å²) in [5.74, 6) is -2.30. The van der Waals surface area contributed by atoms with Crippen LogP contribution in [0.25, 0.3) is 0 Å². The minimum atomic E-state index is -1.14. The first-order valence-corrected chi connectivity index (χ1v) is 5.87. The molecule has 0 saturated carbocycles. The number of nitrogens with two attached hydrogens (primary N) is 1. The molecule has 1 aromatic carbocycles. The number of rotatable bonds is 4. The Hall–Kier alpha value is -2.44. The van der Waals surface area contributed by atoms with Crippen LogP contribution in [-0.4, -0.2) is 22.1 Å². The molecule has 0 fully saturated rings. The molecule has 0 saturated heterocycles. The number of nitrogens with zero attached hydrogens (tertiary/aromatic N) is 2. The van der Waals surface area contributed by atoms with Gasteiger partial charge >= 0.3 is 5.97 Å². The second-order valence-electron chi connectivity index (χ2n) is 4.19. The second-order valence-corrected chi connectivity index (χ2v) is 4.19. The van der Waals surface area contributed by atoms with Crippen LogP contribution >= 0.6 is 0 Å². The maximum Gasteiger partial charge on any atom is 0.340 e. The van der Waals surface area contributed by atoms with Crippen LogP contribution < -0.4 is 5.73 Å². The third-order valence-corrected chi connectivity index (χ3v) is 2.79. The molecule has 2 rings (SSSR count). The fourth-order valence-electron chi connectivity index (χ4n) is 1.69. The number of imidazole rings is 1. The standard InChI is InChI=1S/C13H13F2N3O2/c1-18-4-3-17-12(18)2-5-20-13(19)8-6-9(14)10(15)7-11(8)16/h3-4,6-7H,2,5,16H2,1H3. The minimum absolute atomic E-state index is 0.0715. The highest BCUT2D eigenvalue weighted by atomic mass is 19.2. The first kappa shape index (κ1) is 14.0. The van der Waals surface area contributed by atoms with Crippen LogP contribution in [0, 0.1) is 11.6 Å². The molecule has 2 N–H and O–H groups in total. The van der Waals surface area contributed by atoms with Crippen molar-refractivity contribution >= 4 is 11.7 Å². The Morgan fingerprint density at radius 2 is 2.10 bits per heavy atom. The summed E-state index contributed by atoms with van der Waals surface area (Å²) in [7, 11) is 1.82. The first-order chi connectivity index (χ1) is 9.49. The van der Waals surface area contributed by atoms with Crippen LogP contribution in [0.15, 0.2) is 24.5 Å². The van der Waals surface area contributed by atoms with Crippen molar-refractivity contribution in [1.29, 1.82) is 0 Å². The van der Waals surface area contributed by atoms with Gasteiger partial charge in [-0.3, -0.25) is 0 Å². The Kier molecular flexibility index (Phi) is 3.97. The zero-order valence-corrected chi connectivity index (χ0v) is 10.8. The summed E-state index contributed by atoms with van der Waals surface area (Å²) in [6.07, 6.45) is 3.81. The van der Waals surface area contributed by atoms with Gasteiger partial charge in [0.2, 0.25) is 0 Å². The van der Waals surface area contributed by atoms with E-state index in [-0.39, 0.29) is 17.9 Å². The van der Waals surface area contributed by atoms with Crippen LogP contribution in [0.3, 0.4) is 0 Å². The summed E-state index contributed by atoms with van der Waals surface area (Å²) in [4.78, 5) is 15.8. The molecule has 2 aromatic rings. The van der Waals surface area contributed by atoms with Gasteiger partial charge in [0.15, 0.2) is 11.6 Å². The number of carbonyl (C=O) groups excluding carboxylic acids is 1. The average Bonchev–Trinajstić information content (AvgIpc) is 2.79. The van der Waals surface area contributed by atoms with Crippen molar-refractivity contribution in [3.8, 4) is 0 Å². The van der Waals surface area contributed by atoms with E-state index in [1.807, 2.05) is 7.05 Å². The van der Waals surface area contributed by atoms with E-state index in [0.29, 0.717) is 6.42 Å². The average molecular weight is 281 g/mol. The van der Waals surface area contributed by atoms with Gasteiger partial charge in [0.25, 0.3) is 0 Å². The van der Waals surface area contributed by atoms with Crippen LogP contribution in [0.1, 0.15) is 16.2 Å². The monoisotopic (exact) mass is 281 g/mol. The molecule has 0 unspecified atom stereocenters. The second kappa shape index (κ2) is 5.68. The highest BCUT2D eigenvalue weighted by molar-refractivity contribution is 5.95. The van der Waals surface area contributed by atoms with E-state index in [1.54, 1.807) is 17.0 Å². The molecule has 1 aromatic heterocycles. The summed E-state index contributed by atoms with van der Waals surface area (Å²) in [5, 5.41) is 0. The molecule has 0 aliphatic carbocycles. The van der Waals surface area contributed by atoms with Crippen molar-refractivity contribution in [3.05, 3.63) is 47.5 Å². The molecule has 20 heavy (non-hydrogen) atoms. The Labute approximate surface area is 114 Å². The van der Waals surface area contributed by atoms with E-state index in [4.69, 9.17) is 10.5 Å². The molecule has 0 bridgehead atoms. The lowest BCUT2D eigenvalue weighted by molar-refractivity contribution is 0.0507. The number of esters is 1.